The maximum absolute atomic E-state index is 12.2. The third-order valence-corrected chi connectivity index (χ3v) is 4.90. The van der Waals surface area contributed by atoms with Crippen molar-refractivity contribution in [2.45, 2.75) is 19.9 Å². The molecule has 0 unspecified atom stereocenters. The molecule has 2 aromatic rings. The van der Waals surface area contributed by atoms with Gasteiger partial charge in [-0.1, -0.05) is 12.1 Å². The number of nitro groups is 1. The Kier molecular flexibility index (Phi) is 6.21. The van der Waals surface area contributed by atoms with Crippen molar-refractivity contribution in [3.8, 4) is 5.75 Å². The second-order valence-electron chi connectivity index (χ2n) is 7.23. The zero-order valence-corrected chi connectivity index (χ0v) is 16.9. The first-order valence-corrected chi connectivity index (χ1v) is 9.63. The van der Waals surface area contributed by atoms with Crippen LogP contribution in [0.3, 0.4) is 0 Å². The smallest absolute Gasteiger partial charge is 0.293 e. The molecule has 2 aromatic carbocycles. The fourth-order valence-electron chi connectivity index (χ4n) is 3.50. The molecule has 1 N–H and O–H groups in total. The van der Waals surface area contributed by atoms with E-state index in [0.717, 1.165) is 11.4 Å². The molecule has 0 saturated carbocycles. The van der Waals surface area contributed by atoms with Gasteiger partial charge in [-0.2, -0.15) is 0 Å². The van der Waals surface area contributed by atoms with Crippen molar-refractivity contribution in [3.63, 3.8) is 0 Å². The number of methoxy groups -OCH3 is 1. The SMILES string of the molecule is COc1ccccc1N1CCN(c2ccc(C(=O)NC(C)C)cc2[N+](=O)[O-])CC1. The average molecular weight is 398 g/mol. The van der Waals surface area contributed by atoms with Crippen molar-refractivity contribution in [1.82, 2.24) is 5.32 Å². The molecule has 0 aromatic heterocycles. The first kappa shape index (κ1) is 20.4. The van der Waals surface area contributed by atoms with Crippen LogP contribution in [0.1, 0.15) is 24.2 Å². The molecule has 3 rings (SSSR count). The Bertz CT molecular complexity index is 892. The number of nitro benzene ring substituents is 1. The fourth-order valence-corrected chi connectivity index (χ4v) is 3.50. The molecule has 0 aliphatic carbocycles. The molecule has 0 atom stereocenters. The Hall–Kier alpha value is -3.29. The molecule has 0 spiro atoms. The van der Waals surface area contributed by atoms with Crippen LogP contribution in [0, 0.1) is 10.1 Å². The van der Waals surface area contributed by atoms with Crippen molar-refractivity contribution >= 4 is 23.0 Å². The van der Waals surface area contributed by atoms with Crippen molar-refractivity contribution in [2.24, 2.45) is 0 Å². The van der Waals surface area contributed by atoms with E-state index in [0.29, 0.717) is 37.4 Å². The highest BCUT2D eigenvalue weighted by Crippen LogP contribution is 2.33. The van der Waals surface area contributed by atoms with Crippen LogP contribution in [0.15, 0.2) is 42.5 Å². The van der Waals surface area contributed by atoms with E-state index in [2.05, 4.69) is 10.2 Å². The number of amides is 1. The lowest BCUT2D eigenvalue weighted by atomic mass is 10.1. The lowest BCUT2D eigenvalue weighted by molar-refractivity contribution is -0.384. The molecular weight excluding hydrogens is 372 g/mol. The van der Waals surface area contributed by atoms with E-state index >= 15 is 0 Å². The van der Waals surface area contributed by atoms with Crippen molar-refractivity contribution in [2.75, 3.05) is 43.1 Å². The number of rotatable bonds is 6. The van der Waals surface area contributed by atoms with Gasteiger partial charge in [-0.05, 0) is 38.1 Å². The second kappa shape index (κ2) is 8.81. The van der Waals surface area contributed by atoms with Gasteiger partial charge in [0, 0.05) is 43.9 Å². The number of hydrogen-bond acceptors (Lipinski definition) is 6. The summed E-state index contributed by atoms with van der Waals surface area (Å²) in [6.45, 7) is 6.40. The molecule has 1 aliphatic rings. The van der Waals surface area contributed by atoms with Gasteiger partial charge in [0.1, 0.15) is 11.4 Å². The average Bonchev–Trinajstić information content (AvgIpc) is 2.73. The summed E-state index contributed by atoms with van der Waals surface area (Å²) in [6, 6.07) is 12.5. The van der Waals surface area contributed by atoms with Crippen LogP contribution in [-0.4, -0.2) is 50.2 Å². The van der Waals surface area contributed by atoms with E-state index in [1.165, 1.54) is 6.07 Å². The lowest BCUT2D eigenvalue weighted by Crippen LogP contribution is -2.46. The van der Waals surface area contributed by atoms with Gasteiger partial charge in [-0.25, -0.2) is 0 Å². The summed E-state index contributed by atoms with van der Waals surface area (Å²) in [5.74, 6) is 0.503. The van der Waals surface area contributed by atoms with Crippen LogP contribution in [0.4, 0.5) is 17.1 Å². The van der Waals surface area contributed by atoms with Crippen LogP contribution >= 0.6 is 0 Å². The van der Waals surface area contributed by atoms with Crippen molar-refractivity contribution in [1.29, 1.82) is 0 Å². The van der Waals surface area contributed by atoms with Crippen LogP contribution in [0.2, 0.25) is 0 Å². The molecule has 154 valence electrons. The van der Waals surface area contributed by atoms with Crippen molar-refractivity contribution in [3.05, 3.63) is 58.1 Å². The van der Waals surface area contributed by atoms with Crippen LogP contribution < -0.4 is 19.9 Å². The number of para-hydroxylation sites is 2. The Balaban J connectivity index is 1.78. The first-order valence-electron chi connectivity index (χ1n) is 9.63. The van der Waals surface area contributed by atoms with E-state index < -0.39 is 4.92 Å². The summed E-state index contributed by atoms with van der Waals surface area (Å²) in [6.07, 6.45) is 0. The first-order chi connectivity index (χ1) is 13.9. The maximum atomic E-state index is 12.2. The van der Waals surface area contributed by atoms with Gasteiger partial charge in [0.2, 0.25) is 0 Å². The molecule has 29 heavy (non-hydrogen) atoms. The van der Waals surface area contributed by atoms with Gasteiger partial charge in [0.15, 0.2) is 0 Å². The van der Waals surface area contributed by atoms with Gasteiger partial charge in [0.25, 0.3) is 11.6 Å². The van der Waals surface area contributed by atoms with Gasteiger partial charge in [0.05, 0.1) is 17.7 Å². The second-order valence-corrected chi connectivity index (χ2v) is 7.23. The number of benzene rings is 2. The number of hydrogen-bond donors (Lipinski definition) is 1. The van der Waals surface area contributed by atoms with Crippen LogP contribution in [-0.2, 0) is 0 Å². The Morgan fingerprint density at radius 3 is 2.28 bits per heavy atom. The fraction of sp³-hybridized carbons (Fsp3) is 0.381. The molecule has 1 aliphatic heterocycles. The van der Waals surface area contributed by atoms with Gasteiger partial charge >= 0.3 is 0 Å². The summed E-state index contributed by atoms with van der Waals surface area (Å²) in [5, 5.41) is 14.4. The predicted octanol–water partition coefficient (Wildman–Crippen LogP) is 3.07. The Morgan fingerprint density at radius 1 is 1.07 bits per heavy atom. The monoisotopic (exact) mass is 398 g/mol. The summed E-state index contributed by atoms with van der Waals surface area (Å²) in [5.41, 5.74) is 1.80. The van der Waals surface area contributed by atoms with Gasteiger partial charge in [-0.3, -0.25) is 14.9 Å². The van der Waals surface area contributed by atoms with Crippen LogP contribution in [0.5, 0.6) is 5.75 Å². The highest BCUT2D eigenvalue weighted by atomic mass is 16.6. The van der Waals surface area contributed by atoms with E-state index in [-0.39, 0.29) is 17.6 Å². The number of nitrogens with one attached hydrogen (secondary N) is 1. The number of carbonyl (C=O) groups excluding carboxylic acids is 1. The summed E-state index contributed by atoms with van der Waals surface area (Å²) < 4.78 is 5.44. The number of piperazine rings is 1. The Labute approximate surface area is 170 Å². The lowest BCUT2D eigenvalue weighted by Gasteiger charge is -2.37. The normalized spacial score (nSPS) is 14.1. The highest BCUT2D eigenvalue weighted by molar-refractivity contribution is 5.96. The number of nitrogens with zero attached hydrogens (tertiary/aromatic N) is 3. The zero-order chi connectivity index (χ0) is 21.0. The standard InChI is InChI=1S/C21H26N4O4/c1-15(2)22-21(26)16-8-9-17(19(14-16)25(27)28)23-10-12-24(13-11-23)18-6-4-5-7-20(18)29-3/h4-9,14-15H,10-13H2,1-3H3,(H,22,26). The molecule has 8 nitrogen and oxygen atoms in total. The molecule has 1 heterocycles. The van der Waals surface area contributed by atoms with E-state index in [1.807, 2.05) is 43.0 Å². The number of carbonyl (C=O) groups is 1. The largest absolute Gasteiger partial charge is 0.495 e. The maximum Gasteiger partial charge on any atom is 0.293 e. The van der Waals surface area contributed by atoms with Crippen LogP contribution in [0.25, 0.3) is 0 Å². The molecule has 0 bridgehead atoms. The molecule has 1 fully saturated rings. The number of ether oxygens (including phenoxy) is 1. The topological polar surface area (TPSA) is 88.0 Å². The zero-order valence-electron chi connectivity index (χ0n) is 16.9. The Morgan fingerprint density at radius 2 is 1.69 bits per heavy atom. The van der Waals surface area contributed by atoms with E-state index in [9.17, 15) is 14.9 Å². The summed E-state index contributed by atoms with van der Waals surface area (Å²) in [4.78, 5) is 27.6. The van der Waals surface area contributed by atoms with Gasteiger partial charge < -0.3 is 19.9 Å². The predicted molar refractivity (Wildman–Crippen MR) is 113 cm³/mol. The van der Waals surface area contributed by atoms with E-state index in [4.69, 9.17) is 4.74 Å². The molecule has 1 amide bonds. The highest BCUT2D eigenvalue weighted by Gasteiger charge is 2.26. The van der Waals surface area contributed by atoms with E-state index in [1.54, 1.807) is 19.2 Å². The minimum Gasteiger partial charge on any atom is -0.495 e. The van der Waals surface area contributed by atoms with Gasteiger partial charge in [-0.15, -0.1) is 0 Å². The number of anilines is 2. The molecule has 0 radical (unpaired) electrons. The third kappa shape index (κ3) is 4.59. The summed E-state index contributed by atoms with van der Waals surface area (Å²) >= 11 is 0. The molecule has 8 heteroatoms. The molecular formula is C21H26N4O4. The minimum atomic E-state index is -0.423. The molecule has 1 saturated heterocycles. The third-order valence-electron chi connectivity index (χ3n) is 4.90. The quantitative estimate of drug-likeness (QED) is 0.594. The van der Waals surface area contributed by atoms with Crippen molar-refractivity contribution < 1.29 is 14.5 Å². The summed E-state index contributed by atoms with van der Waals surface area (Å²) in [7, 11) is 1.65. The minimum absolute atomic E-state index is 0.0377.